The van der Waals surface area contributed by atoms with Gasteiger partial charge in [0.2, 0.25) is 0 Å². The molecule has 0 aromatic heterocycles. The number of benzene rings is 1. The third-order valence-corrected chi connectivity index (χ3v) is 2.22. The SMILES string of the molecule is O=COc1c(Cl)cccc1OC[C@@H]1CO1. The first-order valence-corrected chi connectivity index (χ1v) is 4.82. The van der Waals surface area contributed by atoms with Crippen LogP contribution in [-0.4, -0.2) is 25.8 Å². The Hall–Kier alpha value is -1.26. The van der Waals surface area contributed by atoms with E-state index in [0.717, 1.165) is 0 Å². The van der Waals surface area contributed by atoms with Crippen LogP contribution >= 0.6 is 11.6 Å². The molecule has 1 fully saturated rings. The molecule has 2 rings (SSSR count). The lowest BCUT2D eigenvalue weighted by Crippen LogP contribution is -2.05. The molecule has 4 nitrogen and oxygen atoms in total. The van der Waals surface area contributed by atoms with Crippen LogP contribution in [0.15, 0.2) is 18.2 Å². The van der Waals surface area contributed by atoms with Crippen LogP contribution in [0.1, 0.15) is 0 Å². The Kier molecular flexibility index (Phi) is 3.08. The Morgan fingerprint density at radius 2 is 2.40 bits per heavy atom. The molecule has 0 spiro atoms. The highest BCUT2D eigenvalue weighted by Crippen LogP contribution is 2.34. The van der Waals surface area contributed by atoms with Gasteiger partial charge in [-0.15, -0.1) is 0 Å². The van der Waals surface area contributed by atoms with Gasteiger partial charge in [-0.05, 0) is 12.1 Å². The summed E-state index contributed by atoms with van der Waals surface area (Å²) < 4.78 is 15.1. The van der Waals surface area contributed by atoms with E-state index in [1.54, 1.807) is 18.2 Å². The van der Waals surface area contributed by atoms with Gasteiger partial charge in [0, 0.05) is 0 Å². The molecule has 1 saturated heterocycles. The van der Waals surface area contributed by atoms with Gasteiger partial charge in [-0.1, -0.05) is 17.7 Å². The Morgan fingerprint density at radius 1 is 1.60 bits per heavy atom. The summed E-state index contributed by atoms with van der Waals surface area (Å²) in [6.45, 7) is 1.47. The maximum Gasteiger partial charge on any atom is 0.298 e. The lowest BCUT2D eigenvalue weighted by molar-refractivity contribution is -0.120. The quantitative estimate of drug-likeness (QED) is 0.568. The number of carbonyl (C=O) groups excluding carboxylic acids is 1. The number of ether oxygens (including phenoxy) is 3. The van der Waals surface area contributed by atoms with Gasteiger partial charge in [0.1, 0.15) is 12.7 Å². The van der Waals surface area contributed by atoms with Crippen molar-refractivity contribution in [2.24, 2.45) is 0 Å². The van der Waals surface area contributed by atoms with Crippen LogP contribution in [-0.2, 0) is 9.53 Å². The minimum Gasteiger partial charge on any atom is -0.487 e. The number of hydrogen-bond acceptors (Lipinski definition) is 4. The predicted octanol–water partition coefficient (Wildman–Crippen LogP) is 1.65. The summed E-state index contributed by atoms with van der Waals surface area (Å²) in [5, 5.41) is 0.344. The molecular formula is C10H9ClO4. The molecule has 0 unspecified atom stereocenters. The van der Waals surface area contributed by atoms with Gasteiger partial charge in [0.15, 0.2) is 11.5 Å². The number of rotatable bonds is 5. The number of para-hydroxylation sites is 1. The van der Waals surface area contributed by atoms with Crippen LogP contribution in [0.4, 0.5) is 0 Å². The van der Waals surface area contributed by atoms with Crippen molar-refractivity contribution in [1.29, 1.82) is 0 Å². The summed E-state index contributed by atoms with van der Waals surface area (Å²) in [4.78, 5) is 10.3. The monoisotopic (exact) mass is 228 g/mol. The molecular weight excluding hydrogens is 220 g/mol. The molecule has 0 amide bonds. The van der Waals surface area contributed by atoms with E-state index in [1.807, 2.05) is 0 Å². The highest BCUT2D eigenvalue weighted by Gasteiger charge is 2.24. The average molecular weight is 229 g/mol. The van der Waals surface area contributed by atoms with E-state index in [9.17, 15) is 4.79 Å². The molecule has 0 radical (unpaired) electrons. The lowest BCUT2D eigenvalue weighted by atomic mass is 10.3. The molecule has 1 aromatic rings. The standard InChI is InChI=1S/C10H9ClO4/c11-8-2-1-3-9(10(8)15-6-12)14-5-7-4-13-7/h1-3,6-7H,4-5H2/t7-/m0/s1. The second kappa shape index (κ2) is 4.51. The van der Waals surface area contributed by atoms with E-state index in [-0.39, 0.29) is 11.9 Å². The zero-order valence-electron chi connectivity index (χ0n) is 7.81. The molecule has 0 N–H and O–H groups in total. The summed E-state index contributed by atoms with van der Waals surface area (Å²) in [5.41, 5.74) is 0. The summed E-state index contributed by atoms with van der Waals surface area (Å²) in [6.07, 6.45) is 0.146. The summed E-state index contributed by atoms with van der Waals surface area (Å²) in [6, 6.07) is 5.04. The molecule has 1 atom stereocenters. The van der Waals surface area contributed by atoms with Crippen LogP contribution in [0, 0.1) is 0 Å². The van der Waals surface area contributed by atoms with Crippen molar-refractivity contribution in [2.75, 3.05) is 13.2 Å². The lowest BCUT2D eigenvalue weighted by Gasteiger charge is -2.09. The zero-order valence-corrected chi connectivity index (χ0v) is 8.57. The predicted molar refractivity (Wildman–Crippen MR) is 53.4 cm³/mol. The van der Waals surface area contributed by atoms with Gasteiger partial charge in [-0.2, -0.15) is 0 Å². The molecule has 0 aliphatic carbocycles. The normalized spacial score (nSPS) is 18.3. The fraction of sp³-hybridized carbons (Fsp3) is 0.300. The van der Waals surface area contributed by atoms with Gasteiger partial charge in [-0.3, -0.25) is 4.79 Å². The number of epoxide rings is 1. The third-order valence-electron chi connectivity index (χ3n) is 1.92. The van der Waals surface area contributed by atoms with Crippen molar-refractivity contribution >= 4 is 18.1 Å². The minimum absolute atomic E-state index is 0.146. The fourth-order valence-electron chi connectivity index (χ4n) is 1.11. The van der Waals surface area contributed by atoms with Crippen molar-refractivity contribution in [3.05, 3.63) is 23.2 Å². The average Bonchev–Trinajstić information content (AvgIpc) is 3.03. The molecule has 1 heterocycles. The second-order valence-electron chi connectivity index (χ2n) is 3.05. The summed E-state index contributed by atoms with van der Waals surface area (Å²) in [7, 11) is 0. The van der Waals surface area contributed by atoms with Crippen LogP contribution in [0.25, 0.3) is 0 Å². The van der Waals surface area contributed by atoms with E-state index in [2.05, 4.69) is 0 Å². The van der Waals surface area contributed by atoms with Crippen LogP contribution < -0.4 is 9.47 Å². The first-order chi connectivity index (χ1) is 7.31. The summed E-state index contributed by atoms with van der Waals surface area (Å²) >= 11 is 5.84. The van der Waals surface area contributed by atoms with Crippen molar-refractivity contribution in [3.8, 4) is 11.5 Å². The van der Waals surface area contributed by atoms with Crippen molar-refractivity contribution < 1.29 is 19.0 Å². The molecule has 1 aliphatic rings. The molecule has 0 saturated carbocycles. The Bertz CT molecular complexity index is 362. The van der Waals surface area contributed by atoms with Crippen molar-refractivity contribution in [2.45, 2.75) is 6.10 Å². The van der Waals surface area contributed by atoms with Gasteiger partial charge in [0.05, 0.1) is 11.6 Å². The van der Waals surface area contributed by atoms with Gasteiger partial charge in [0.25, 0.3) is 6.47 Å². The van der Waals surface area contributed by atoms with Gasteiger partial charge in [-0.25, -0.2) is 0 Å². The second-order valence-corrected chi connectivity index (χ2v) is 3.45. The maximum atomic E-state index is 10.3. The Labute approximate surface area is 91.7 Å². The first-order valence-electron chi connectivity index (χ1n) is 4.44. The van der Waals surface area contributed by atoms with Gasteiger partial charge >= 0.3 is 0 Å². The highest BCUT2D eigenvalue weighted by atomic mass is 35.5. The van der Waals surface area contributed by atoms with Crippen molar-refractivity contribution in [3.63, 3.8) is 0 Å². The number of halogens is 1. The third kappa shape index (κ3) is 2.61. The summed E-state index contributed by atoms with van der Waals surface area (Å²) in [5.74, 6) is 0.694. The van der Waals surface area contributed by atoms with E-state index in [4.69, 9.17) is 25.8 Å². The minimum atomic E-state index is 0.146. The topological polar surface area (TPSA) is 48.1 Å². The molecule has 5 heteroatoms. The zero-order chi connectivity index (χ0) is 10.7. The molecule has 15 heavy (non-hydrogen) atoms. The largest absolute Gasteiger partial charge is 0.487 e. The number of carbonyl (C=O) groups is 1. The first kappa shape index (κ1) is 10.3. The molecule has 1 aromatic carbocycles. The van der Waals surface area contributed by atoms with Gasteiger partial charge < -0.3 is 14.2 Å². The Balaban J connectivity index is 2.11. The van der Waals surface area contributed by atoms with E-state index in [1.165, 1.54) is 0 Å². The van der Waals surface area contributed by atoms with Crippen LogP contribution in [0.2, 0.25) is 5.02 Å². The fourth-order valence-corrected chi connectivity index (χ4v) is 1.32. The number of hydrogen-bond donors (Lipinski definition) is 0. The van der Waals surface area contributed by atoms with E-state index < -0.39 is 0 Å². The highest BCUT2D eigenvalue weighted by molar-refractivity contribution is 6.32. The Morgan fingerprint density at radius 3 is 3.07 bits per heavy atom. The van der Waals surface area contributed by atoms with E-state index in [0.29, 0.717) is 30.5 Å². The molecule has 1 aliphatic heterocycles. The smallest absolute Gasteiger partial charge is 0.298 e. The van der Waals surface area contributed by atoms with E-state index >= 15 is 0 Å². The molecule has 0 bridgehead atoms. The van der Waals surface area contributed by atoms with Crippen LogP contribution in [0.5, 0.6) is 11.5 Å². The van der Waals surface area contributed by atoms with Crippen LogP contribution in [0.3, 0.4) is 0 Å². The van der Waals surface area contributed by atoms with Crippen molar-refractivity contribution in [1.82, 2.24) is 0 Å². The maximum absolute atomic E-state index is 10.3. The molecule has 80 valence electrons.